The molecule has 0 bridgehead atoms. The molecule has 148 valence electrons. The van der Waals surface area contributed by atoms with Crippen LogP contribution in [0.25, 0.3) is 11.1 Å². The lowest BCUT2D eigenvalue weighted by molar-refractivity contribution is 0.0945. The monoisotopic (exact) mass is 388 g/mol. The third-order valence-electron chi connectivity index (χ3n) is 4.96. The lowest BCUT2D eigenvalue weighted by Crippen LogP contribution is -2.28. The van der Waals surface area contributed by atoms with Crippen molar-refractivity contribution in [1.82, 2.24) is 9.88 Å². The van der Waals surface area contributed by atoms with E-state index in [-0.39, 0.29) is 5.91 Å². The minimum absolute atomic E-state index is 0.104. The fourth-order valence-corrected chi connectivity index (χ4v) is 3.53. The van der Waals surface area contributed by atoms with Gasteiger partial charge in [-0.2, -0.15) is 0 Å². The Bertz CT molecular complexity index is 1130. The standard InChI is InChI=1S/C24H24N2O3/c1-17-13-21-23(29-17)15-22(24(27)25-12-11-18-7-4-3-5-8-18)26(21)16-19-9-6-10-20(14-19)28-2/h3-10,13-15H,11-12,16H2,1-2H3,(H,25,27). The summed E-state index contributed by atoms with van der Waals surface area (Å²) in [4.78, 5) is 12.9. The maximum absolute atomic E-state index is 12.9. The van der Waals surface area contributed by atoms with E-state index in [1.54, 1.807) is 7.11 Å². The summed E-state index contributed by atoms with van der Waals surface area (Å²) >= 11 is 0. The van der Waals surface area contributed by atoms with Crippen LogP contribution in [0.15, 0.2) is 71.1 Å². The van der Waals surface area contributed by atoms with Crippen molar-refractivity contribution in [2.75, 3.05) is 13.7 Å². The molecule has 5 nitrogen and oxygen atoms in total. The van der Waals surface area contributed by atoms with Crippen LogP contribution in [0.5, 0.6) is 5.75 Å². The first-order valence-corrected chi connectivity index (χ1v) is 9.69. The van der Waals surface area contributed by atoms with Gasteiger partial charge in [-0.3, -0.25) is 4.79 Å². The number of nitrogens with zero attached hydrogens (tertiary/aromatic N) is 1. The average molecular weight is 388 g/mol. The Morgan fingerprint density at radius 1 is 1.03 bits per heavy atom. The van der Waals surface area contributed by atoms with Gasteiger partial charge in [0, 0.05) is 25.2 Å². The van der Waals surface area contributed by atoms with Crippen molar-refractivity contribution in [2.24, 2.45) is 0 Å². The van der Waals surface area contributed by atoms with Crippen LogP contribution in [0.4, 0.5) is 0 Å². The van der Waals surface area contributed by atoms with E-state index < -0.39 is 0 Å². The van der Waals surface area contributed by atoms with Crippen molar-refractivity contribution in [1.29, 1.82) is 0 Å². The van der Waals surface area contributed by atoms with Crippen LogP contribution in [0.2, 0.25) is 0 Å². The molecule has 0 aliphatic carbocycles. The molecular formula is C24H24N2O3. The molecule has 0 spiro atoms. The van der Waals surface area contributed by atoms with Crippen molar-refractivity contribution in [3.8, 4) is 5.75 Å². The Hall–Kier alpha value is -3.47. The third-order valence-corrected chi connectivity index (χ3v) is 4.96. The predicted molar refractivity (Wildman–Crippen MR) is 114 cm³/mol. The second kappa shape index (κ2) is 8.27. The van der Waals surface area contributed by atoms with Crippen molar-refractivity contribution in [2.45, 2.75) is 19.9 Å². The fourth-order valence-electron chi connectivity index (χ4n) is 3.53. The van der Waals surface area contributed by atoms with Crippen LogP contribution < -0.4 is 10.1 Å². The van der Waals surface area contributed by atoms with Crippen LogP contribution in [-0.4, -0.2) is 24.1 Å². The maximum Gasteiger partial charge on any atom is 0.268 e. The van der Waals surface area contributed by atoms with Gasteiger partial charge in [-0.05, 0) is 36.6 Å². The van der Waals surface area contributed by atoms with Crippen molar-refractivity contribution >= 4 is 17.0 Å². The van der Waals surface area contributed by atoms with E-state index in [0.29, 0.717) is 18.8 Å². The minimum atomic E-state index is -0.104. The number of methoxy groups -OCH3 is 1. The number of fused-ring (bicyclic) bond motifs is 1. The topological polar surface area (TPSA) is 56.4 Å². The van der Waals surface area contributed by atoms with Crippen molar-refractivity contribution in [3.63, 3.8) is 0 Å². The number of carbonyl (C=O) groups excluding carboxylic acids is 1. The van der Waals surface area contributed by atoms with Crippen LogP contribution in [-0.2, 0) is 13.0 Å². The second-order valence-corrected chi connectivity index (χ2v) is 7.07. The smallest absolute Gasteiger partial charge is 0.268 e. The van der Waals surface area contributed by atoms with Crippen molar-refractivity contribution in [3.05, 3.63) is 89.3 Å². The van der Waals surface area contributed by atoms with Gasteiger partial charge in [-0.15, -0.1) is 0 Å². The van der Waals surface area contributed by atoms with E-state index >= 15 is 0 Å². The minimum Gasteiger partial charge on any atom is -0.497 e. The highest BCUT2D eigenvalue weighted by Gasteiger charge is 2.18. The Morgan fingerprint density at radius 3 is 2.62 bits per heavy atom. The highest BCUT2D eigenvalue weighted by molar-refractivity contribution is 5.97. The van der Waals surface area contributed by atoms with Gasteiger partial charge in [0.1, 0.15) is 17.2 Å². The van der Waals surface area contributed by atoms with E-state index in [1.807, 2.05) is 66.1 Å². The number of aryl methyl sites for hydroxylation is 1. The summed E-state index contributed by atoms with van der Waals surface area (Å²) in [6.45, 7) is 3.05. The number of nitrogens with one attached hydrogen (secondary N) is 1. The molecule has 29 heavy (non-hydrogen) atoms. The zero-order valence-corrected chi connectivity index (χ0v) is 16.6. The van der Waals surface area contributed by atoms with Crippen LogP contribution in [0.1, 0.15) is 27.4 Å². The van der Waals surface area contributed by atoms with Crippen LogP contribution >= 0.6 is 0 Å². The molecule has 2 heterocycles. The van der Waals surface area contributed by atoms with Gasteiger partial charge >= 0.3 is 0 Å². The number of hydrogen-bond acceptors (Lipinski definition) is 3. The number of aromatic nitrogens is 1. The maximum atomic E-state index is 12.9. The molecule has 4 rings (SSSR count). The highest BCUT2D eigenvalue weighted by Crippen LogP contribution is 2.25. The highest BCUT2D eigenvalue weighted by atomic mass is 16.5. The number of amides is 1. The molecule has 0 fully saturated rings. The lowest BCUT2D eigenvalue weighted by atomic mass is 10.1. The molecule has 0 aliphatic heterocycles. The Balaban J connectivity index is 1.57. The summed E-state index contributed by atoms with van der Waals surface area (Å²) in [6, 6.07) is 21.8. The molecule has 2 aromatic heterocycles. The summed E-state index contributed by atoms with van der Waals surface area (Å²) in [7, 11) is 1.65. The molecule has 1 N–H and O–H groups in total. The Morgan fingerprint density at radius 2 is 1.83 bits per heavy atom. The number of benzene rings is 2. The van der Waals surface area contributed by atoms with Crippen molar-refractivity contribution < 1.29 is 13.9 Å². The van der Waals surface area contributed by atoms with Gasteiger partial charge in [0.2, 0.25) is 0 Å². The van der Waals surface area contributed by atoms with Gasteiger partial charge in [-0.25, -0.2) is 0 Å². The summed E-state index contributed by atoms with van der Waals surface area (Å²) in [6.07, 6.45) is 0.790. The zero-order chi connectivity index (χ0) is 20.2. The zero-order valence-electron chi connectivity index (χ0n) is 16.6. The predicted octanol–water partition coefficient (Wildman–Crippen LogP) is 4.57. The Kier molecular flexibility index (Phi) is 5.38. The lowest BCUT2D eigenvalue weighted by Gasteiger charge is -2.12. The average Bonchev–Trinajstić information content (AvgIpc) is 3.26. The quantitative estimate of drug-likeness (QED) is 0.504. The SMILES string of the molecule is COc1cccc(Cn2c(C(=O)NCCc3ccccc3)cc3oc(C)cc32)c1. The number of furan rings is 1. The normalized spacial score (nSPS) is 11.0. The third kappa shape index (κ3) is 4.19. The number of hydrogen-bond donors (Lipinski definition) is 1. The van der Waals surface area contributed by atoms with Gasteiger partial charge in [-0.1, -0.05) is 42.5 Å². The summed E-state index contributed by atoms with van der Waals surface area (Å²) in [5.74, 6) is 1.52. The summed E-state index contributed by atoms with van der Waals surface area (Å²) in [5, 5.41) is 3.04. The molecule has 0 saturated carbocycles. The number of rotatable bonds is 7. The molecule has 5 heteroatoms. The molecule has 2 aromatic carbocycles. The molecule has 4 aromatic rings. The molecule has 0 saturated heterocycles. The first-order chi connectivity index (χ1) is 14.1. The molecule has 0 atom stereocenters. The van der Waals surface area contributed by atoms with Gasteiger partial charge in [0.15, 0.2) is 5.58 Å². The van der Waals surface area contributed by atoms with Crippen LogP contribution in [0, 0.1) is 6.92 Å². The largest absolute Gasteiger partial charge is 0.497 e. The van der Waals surface area contributed by atoms with E-state index in [4.69, 9.17) is 9.15 Å². The first kappa shape index (κ1) is 18.9. The molecule has 1 amide bonds. The molecule has 0 radical (unpaired) electrons. The van der Waals surface area contributed by atoms with Crippen LogP contribution in [0.3, 0.4) is 0 Å². The number of carbonyl (C=O) groups is 1. The number of ether oxygens (including phenoxy) is 1. The molecule has 0 aliphatic rings. The van der Waals surface area contributed by atoms with Gasteiger partial charge in [0.25, 0.3) is 5.91 Å². The summed E-state index contributed by atoms with van der Waals surface area (Å²) in [5.41, 5.74) is 4.48. The molecule has 0 unspecified atom stereocenters. The van der Waals surface area contributed by atoms with E-state index in [2.05, 4.69) is 17.4 Å². The molecular weight excluding hydrogens is 364 g/mol. The summed E-state index contributed by atoms with van der Waals surface area (Å²) < 4.78 is 13.1. The van der Waals surface area contributed by atoms with E-state index in [0.717, 1.165) is 34.6 Å². The van der Waals surface area contributed by atoms with Gasteiger partial charge in [0.05, 0.1) is 12.6 Å². The Labute approximate surface area is 169 Å². The fraction of sp³-hybridized carbons (Fsp3) is 0.208. The van der Waals surface area contributed by atoms with E-state index in [1.165, 1.54) is 5.56 Å². The van der Waals surface area contributed by atoms with E-state index in [9.17, 15) is 4.79 Å². The first-order valence-electron chi connectivity index (χ1n) is 9.69. The second-order valence-electron chi connectivity index (χ2n) is 7.07. The van der Waals surface area contributed by atoms with Gasteiger partial charge < -0.3 is 19.0 Å².